The van der Waals surface area contributed by atoms with E-state index in [4.69, 9.17) is 0 Å². The maximum Gasteiger partial charge on any atom is 0.264 e. The summed E-state index contributed by atoms with van der Waals surface area (Å²) in [7, 11) is -2.17. The van der Waals surface area contributed by atoms with E-state index in [1.54, 1.807) is 0 Å². The molecule has 0 radical (unpaired) electrons. The molecule has 2 aromatic carbocycles. The summed E-state index contributed by atoms with van der Waals surface area (Å²) < 4.78 is 26.3. The van der Waals surface area contributed by atoms with Gasteiger partial charge in [-0.05, 0) is 49.2 Å². The molecule has 106 valence electrons. The number of aromatic hydroxyl groups is 1. The molecule has 20 heavy (non-hydrogen) atoms. The highest BCUT2D eigenvalue weighted by molar-refractivity contribution is 7.92. The molecular weight excluding hydrogens is 274 g/mol. The number of nitrogens with zero attached hydrogens (tertiary/aromatic N) is 1. The third-order valence-corrected chi connectivity index (χ3v) is 4.83. The molecule has 0 aliphatic rings. The van der Waals surface area contributed by atoms with Gasteiger partial charge < -0.3 is 5.11 Å². The first-order valence-corrected chi connectivity index (χ1v) is 7.61. The molecule has 2 aromatic rings. The maximum absolute atomic E-state index is 12.5. The highest BCUT2D eigenvalue weighted by atomic mass is 32.2. The van der Waals surface area contributed by atoms with Crippen LogP contribution < -0.4 is 4.31 Å². The van der Waals surface area contributed by atoms with Gasteiger partial charge in [-0.15, -0.1) is 0 Å². The second-order valence-electron chi connectivity index (χ2n) is 4.82. The number of sulfonamides is 1. The standard InChI is InChI=1S/C15H17NO3S/c1-11-7-12(2)9-13(8-11)16(3)20(18,19)15-6-4-5-14(17)10-15/h4-10,17H,1-3H3. The summed E-state index contributed by atoms with van der Waals surface area (Å²) in [6, 6.07) is 11.3. The number of hydrogen-bond acceptors (Lipinski definition) is 3. The predicted molar refractivity (Wildman–Crippen MR) is 79.6 cm³/mol. The van der Waals surface area contributed by atoms with E-state index < -0.39 is 10.0 Å². The molecule has 0 amide bonds. The number of aryl methyl sites for hydroxylation is 2. The SMILES string of the molecule is Cc1cc(C)cc(N(C)S(=O)(=O)c2cccc(O)c2)c1. The van der Waals surface area contributed by atoms with Crippen LogP contribution in [0.25, 0.3) is 0 Å². The third-order valence-electron chi connectivity index (χ3n) is 3.05. The number of anilines is 1. The van der Waals surface area contributed by atoms with Gasteiger partial charge in [0.05, 0.1) is 10.6 Å². The van der Waals surface area contributed by atoms with E-state index in [9.17, 15) is 13.5 Å². The lowest BCUT2D eigenvalue weighted by atomic mass is 10.1. The number of benzene rings is 2. The predicted octanol–water partition coefficient (Wildman–Crippen LogP) is 2.83. The van der Waals surface area contributed by atoms with Crippen LogP contribution in [-0.2, 0) is 10.0 Å². The van der Waals surface area contributed by atoms with Crippen molar-refractivity contribution in [1.82, 2.24) is 0 Å². The molecule has 0 saturated carbocycles. The normalized spacial score (nSPS) is 11.3. The average Bonchev–Trinajstić information content (AvgIpc) is 2.36. The summed E-state index contributed by atoms with van der Waals surface area (Å²) in [5, 5.41) is 9.43. The minimum absolute atomic E-state index is 0.0687. The monoisotopic (exact) mass is 291 g/mol. The quantitative estimate of drug-likeness (QED) is 0.946. The molecule has 0 aromatic heterocycles. The van der Waals surface area contributed by atoms with E-state index in [0.29, 0.717) is 5.69 Å². The van der Waals surface area contributed by atoms with Crippen LogP contribution in [0.4, 0.5) is 5.69 Å². The Hall–Kier alpha value is -2.01. The zero-order valence-electron chi connectivity index (χ0n) is 11.7. The largest absolute Gasteiger partial charge is 0.508 e. The molecular formula is C15H17NO3S. The summed E-state index contributed by atoms with van der Waals surface area (Å²) in [6.45, 7) is 3.84. The van der Waals surface area contributed by atoms with E-state index in [2.05, 4.69) is 0 Å². The van der Waals surface area contributed by atoms with Crippen molar-refractivity contribution in [2.45, 2.75) is 18.7 Å². The van der Waals surface area contributed by atoms with E-state index in [1.165, 1.54) is 35.6 Å². The molecule has 0 heterocycles. The molecule has 0 aliphatic heterocycles. The summed E-state index contributed by atoms with van der Waals surface area (Å²) in [6.07, 6.45) is 0. The lowest BCUT2D eigenvalue weighted by molar-refractivity contribution is 0.473. The van der Waals surface area contributed by atoms with Gasteiger partial charge in [0.15, 0.2) is 0 Å². The molecule has 1 N–H and O–H groups in total. The van der Waals surface area contributed by atoms with Crippen LogP contribution in [0.1, 0.15) is 11.1 Å². The first kappa shape index (κ1) is 14.4. The van der Waals surface area contributed by atoms with Crippen molar-refractivity contribution >= 4 is 15.7 Å². The number of phenolic OH excluding ortho intramolecular Hbond substituents is 1. The van der Waals surface area contributed by atoms with Crippen LogP contribution in [0, 0.1) is 13.8 Å². The van der Waals surface area contributed by atoms with Crippen molar-refractivity contribution in [3.8, 4) is 5.75 Å². The number of rotatable bonds is 3. The fraction of sp³-hybridized carbons (Fsp3) is 0.200. The Balaban J connectivity index is 2.48. The highest BCUT2D eigenvalue weighted by Crippen LogP contribution is 2.25. The summed E-state index contributed by atoms with van der Waals surface area (Å²) in [4.78, 5) is 0.0687. The van der Waals surface area contributed by atoms with Crippen LogP contribution >= 0.6 is 0 Å². The second-order valence-corrected chi connectivity index (χ2v) is 6.79. The minimum Gasteiger partial charge on any atom is -0.508 e. The van der Waals surface area contributed by atoms with Crippen LogP contribution in [0.2, 0.25) is 0 Å². The third kappa shape index (κ3) is 2.77. The number of phenols is 1. The van der Waals surface area contributed by atoms with Gasteiger partial charge in [0.2, 0.25) is 0 Å². The van der Waals surface area contributed by atoms with Gasteiger partial charge in [-0.2, -0.15) is 0 Å². The Kier molecular flexibility index (Phi) is 3.72. The van der Waals surface area contributed by atoms with Crippen molar-refractivity contribution in [3.63, 3.8) is 0 Å². The fourth-order valence-corrected chi connectivity index (χ4v) is 3.29. The van der Waals surface area contributed by atoms with Crippen molar-refractivity contribution in [2.24, 2.45) is 0 Å². The molecule has 0 bridgehead atoms. The zero-order valence-corrected chi connectivity index (χ0v) is 12.5. The topological polar surface area (TPSA) is 57.6 Å². The van der Waals surface area contributed by atoms with Gasteiger partial charge in [0, 0.05) is 13.1 Å². The Morgan fingerprint density at radius 2 is 1.60 bits per heavy atom. The van der Waals surface area contributed by atoms with Gasteiger partial charge in [-0.1, -0.05) is 12.1 Å². The Morgan fingerprint density at radius 3 is 2.15 bits per heavy atom. The van der Waals surface area contributed by atoms with Gasteiger partial charge in [-0.25, -0.2) is 8.42 Å². The van der Waals surface area contributed by atoms with Crippen molar-refractivity contribution in [2.75, 3.05) is 11.4 Å². The molecule has 2 rings (SSSR count). The Morgan fingerprint density at radius 1 is 1.00 bits per heavy atom. The zero-order chi connectivity index (χ0) is 14.9. The molecule has 5 heteroatoms. The lowest BCUT2D eigenvalue weighted by Crippen LogP contribution is -2.26. The number of hydrogen-bond donors (Lipinski definition) is 1. The first-order chi connectivity index (χ1) is 9.30. The molecule has 0 fully saturated rings. The molecule has 0 unspecified atom stereocenters. The highest BCUT2D eigenvalue weighted by Gasteiger charge is 2.21. The summed E-state index contributed by atoms with van der Waals surface area (Å²) in [5.74, 6) is -0.0695. The maximum atomic E-state index is 12.5. The smallest absolute Gasteiger partial charge is 0.264 e. The van der Waals surface area contributed by atoms with Crippen molar-refractivity contribution < 1.29 is 13.5 Å². The molecule has 0 saturated heterocycles. The van der Waals surface area contributed by atoms with Gasteiger partial charge in [0.1, 0.15) is 5.75 Å². The Labute approximate surface area is 119 Å². The van der Waals surface area contributed by atoms with Crippen molar-refractivity contribution in [1.29, 1.82) is 0 Å². The molecule has 0 spiro atoms. The van der Waals surface area contributed by atoms with Gasteiger partial charge in [0.25, 0.3) is 10.0 Å². The van der Waals surface area contributed by atoms with Gasteiger partial charge in [-0.3, -0.25) is 4.31 Å². The van der Waals surface area contributed by atoms with E-state index in [0.717, 1.165) is 11.1 Å². The van der Waals surface area contributed by atoms with Crippen LogP contribution in [0.5, 0.6) is 5.75 Å². The molecule has 0 aliphatic carbocycles. The Bertz CT molecular complexity index is 718. The van der Waals surface area contributed by atoms with Crippen LogP contribution in [0.3, 0.4) is 0 Å². The average molecular weight is 291 g/mol. The lowest BCUT2D eigenvalue weighted by Gasteiger charge is -2.20. The summed E-state index contributed by atoms with van der Waals surface area (Å²) in [5.41, 5.74) is 2.60. The van der Waals surface area contributed by atoms with E-state index >= 15 is 0 Å². The first-order valence-electron chi connectivity index (χ1n) is 6.17. The van der Waals surface area contributed by atoms with Crippen molar-refractivity contribution in [3.05, 3.63) is 53.6 Å². The van der Waals surface area contributed by atoms with Crippen LogP contribution in [0.15, 0.2) is 47.4 Å². The van der Waals surface area contributed by atoms with Crippen LogP contribution in [-0.4, -0.2) is 20.6 Å². The fourth-order valence-electron chi connectivity index (χ4n) is 2.07. The minimum atomic E-state index is -3.67. The second kappa shape index (κ2) is 5.17. The van der Waals surface area contributed by atoms with E-state index in [1.807, 2.05) is 32.0 Å². The summed E-state index contributed by atoms with van der Waals surface area (Å²) >= 11 is 0. The molecule has 0 atom stereocenters. The van der Waals surface area contributed by atoms with Gasteiger partial charge >= 0.3 is 0 Å². The molecule has 4 nitrogen and oxygen atoms in total. The van der Waals surface area contributed by atoms with E-state index in [-0.39, 0.29) is 10.6 Å².